The summed E-state index contributed by atoms with van der Waals surface area (Å²) in [5.74, 6) is 0.00870. The predicted octanol–water partition coefficient (Wildman–Crippen LogP) is 4.00. The smallest absolute Gasteiger partial charge is 0.410 e. The number of hydrogen-bond acceptors (Lipinski definition) is 4. The number of piperidine rings is 1. The van der Waals surface area contributed by atoms with Gasteiger partial charge in [0.1, 0.15) is 11.6 Å². The Morgan fingerprint density at radius 1 is 1.27 bits per heavy atom. The molecule has 1 aromatic rings. The van der Waals surface area contributed by atoms with Gasteiger partial charge < -0.3 is 19.9 Å². The van der Waals surface area contributed by atoms with Gasteiger partial charge in [-0.25, -0.2) is 4.79 Å². The Morgan fingerprint density at radius 3 is 2.54 bits per heavy atom. The standard InChI is InChI=1S/C19H26BrN3O3/c1-12-17(24)21-15-6-5-13(20)11-16(15)23(12)14-7-9-22(10-8-14)18(25)26-19(2,3)4/h5-6,11-12,14H,7-10H2,1-4H3,(H,21,24)/t12-/m1/s1. The minimum Gasteiger partial charge on any atom is -0.444 e. The molecular weight excluding hydrogens is 398 g/mol. The Morgan fingerprint density at radius 2 is 1.92 bits per heavy atom. The molecule has 2 aliphatic heterocycles. The maximum atomic E-state index is 12.4. The largest absolute Gasteiger partial charge is 0.444 e. The second kappa shape index (κ2) is 7.10. The third kappa shape index (κ3) is 3.98. The van der Waals surface area contributed by atoms with Gasteiger partial charge in [0.15, 0.2) is 0 Å². The summed E-state index contributed by atoms with van der Waals surface area (Å²) in [5, 5.41) is 2.97. The molecule has 2 heterocycles. The van der Waals surface area contributed by atoms with Gasteiger partial charge in [-0.05, 0) is 58.7 Å². The van der Waals surface area contributed by atoms with Crippen LogP contribution >= 0.6 is 15.9 Å². The van der Waals surface area contributed by atoms with Crippen LogP contribution < -0.4 is 10.2 Å². The summed E-state index contributed by atoms with van der Waals surface area (Å²) in [6.45, 7) is 8.82. The zero-order valence-electron chi connectivity index (χ0n) is 15.7. The molecule has 1 aromatic carbocycles. The zero-order chi connectivity index (χ0) is 19.1. The fraction of sp³-hybridized carbons (Fsp3) is 0.579. The summed E-state index contributed by atoms with van der Waals surface area (Å²) < 4.78 is 6.45. The number of carbonyl (C=O) groups excluding carboxylic acids is 2. The fourth-order valence-electron chi connectivity index (χ4n) is 3.56. The molecule has 0 unspecified atom stereocenters. The first-order valence-electron chi connectivity index (χ1n) is 9.02. The van der Waals surface area contributed by atoms with Crippen LogP contribution in [-0.2, 0) is 9.53 Å². The minimum absolute atomic E-state index is 0.00870. The van der Waals surface area contributed by atoms with Crippen molar-refractivity contribution < 1.29 is 14.3 Å². The molecule has 1 fully saturated rings. The fourth-order valence-corrected chi connectivity index (χ4v) is 3.91. The quantitative estimate of drug-likeness (QED) is 0.741. The summed E-state index contributed by atoms with van der Waals surface area (Å²) in [5.41, 5.74) is 1.38. The Labute approximate surface area is 163 Å². The normalized spacial score (nSPS) is 21.3. The van der Waals surface area contributed by atoms with E-state index in [0.717, 1.165) is 28.7 Å². The Hall–Kier alpha value is -1.76. The van der Waals surface area contributed by atoms with E-state index in [-0.39, 0.29) is 24.1 Å². The monoisotopic (exact) mass is 423 g/mol. The lowest BCUT2D eigenvalue weighted by atomic mass is 9.98. The Balaban J connectivity index is 1.74. The second-order valence-electron chi connectivity index (χ2n) is 7.93. The summed E-state index contributed by atoms with van der Waals surface area (Å²) in [4.78, 5) is 28.6. The molecule has 2 aliphatic rings. The van der Waals surface area contributed by atoms with E-state index in [1.165, 1.54) is 0 Å². The lowest BCUT2D eigenvalue weighted by molar-refractivity contribution is -0.117. The van der Waals surface area contributed by atoms with Crippen molar-refractivity contribution >= 4 is 39.3 Å². The molecule has 0 aliphatic carbocycles. The van der Waals surface area contributed by atoms with Gasteiger partial charge in [-0.3, -0.25) is 4.79 Å². The number of amides is 2. The zero-order valence-corrected chi connectivity index (χ0v) is 17.3. The first-order chi connectivity index (χ1) is 12.2. The van der Waals surface area contributed by atoms with Gasteiger partial charge in [-0.2, -0.15) is 0 Å². The van der Waals surface area contributed by atoms with Gasteiger partial charge in [-0.15, -0.1) is 0 Å². The van der Waals surface area contributed by atoms with E-state index in [2.05, 4.69) is 26.1 Å². The van der Waals surface area contributed by atoms with E-state index in [9.17, 15) is 9.59 Å². The third-order valence-corrected chi connectivity index (χ3v) is 5.30. The molecule has 0 spiro atoms. The predicted molar refractivity (Wildman–Crippen MR) is 106 cm³/mol. The first-order valence-corrected chi connectivity index (χ1v) is 9.82. The lowest BCUT2D eigenvalue weighted by Gasteiger charge is -2.45. The van der Waals surface area contributed by atoms with E-state index < -0.39 is 5.60 Å². The van der Waals surface area contributed by atoms with E-state index in [1.54, 1.807) is 4.90 Å². The van der Waals surface area contributed by atoms with Crippen LogP contribution in [0.15, 0.2) is 22.7 Å². The van der Waals surface area contributed by atoms with Crippen molar-refractivity contribution in [3.05, 3.63) is 22.7 Å². The van der Waals surface area contributed by atoms with Crippen LogP contribution in [0.2, 0.25) is 0 Å². The first kappa shape index (κ1) is 19.0. The highest BCUT2D eigenvalue weighted by molar-refractivity contribution is 9.10. The number of rotatable bonds is 1. The number of nitrogens with one attached hydrogen (secondary N) is 1. The topological polar surface area (TPSA) is 61.9 Å². The Kier molecular flexibility index (Phi) is 5.19. The van der Waals surface area contributed by atoms with Crippen molar-refractivity contribution in [1.82, 2.24) is 4.90 Å². The van der Waals surface area contributed by atoms with Crippen molar-refractivity contribution in [2.45, 2.75) is 58.2 Å². The molecule has 1 N–H and O–H groups in total. The second-order valence-corrected chi connectivity index (χ2v) is 8.85. The summed E-state index contributed by atoms with van der Waals surface area (Å²) in [6.07, 6.45) is 1.36. The van der Waals surface area contributed by atoms with Crippen LogP contribution in [0.25, 0.3) is 0 Å². The van der Waals surface area contributed by atoms with E-state index in [1.807, 2.05) is 45.9 Å². The maximum Gasteiger partial charge on any atom is 0.410 e. The molecule has 1 atom stereocenters. The lowest BCUT2D eigenvalue weighted by Crippen LogP contribution is -2.55. The molecule has 6 nitrogen and oxygen atoms in total. The third-order valence-electron chi connectivity index (χ3n) is 4.80. The summed E-state index contributed by atoms with van der Waals surface area (Å²) in [7, 11) is 0. The highest BCUT2D eigenvalue weighted by atomic mass is 79.9. The number of ether oxygens (including phenoxy) is 1. The number of fused-ring (bicyclic) bond motifs is 1. The number of carbonyl (C=O) groups is 2. The van der Waals surface area contributed by atoms with Gasteiger partial charge in [0, 0.05) is 23.6 Å². The van der Waals surface area contributed by atoms with Gasteiger partial charge >= 0.3 is 6.09 Å². The number of nitrogens with zero attached hydrogens (tertiary/aromatic N) is 2. The average Bonchev–Trinajstić information content (AvgIpc) is 2.55. The molecule has 2 amide bonds. The van der Waals surface area contributed by atoms with Crippen LogP contribution in [0.1, 0.15) is 40.5 Å². The van der Waals surface area contributed by atoms with Crippen molar-refractivity contribution in [3.8, 4) is 0 Å². The molecular formula is C19H26BrN3O3. The highest BCUT2D eigenvalue weighted by Crippen LogP contribution is 2.37. The molecule has 0 bridgehead atoms. The number of likely N-dealkylation sites (tertiary alicyclic amines) is 1. The molecule has 142 valence electrons. The SMILES string of the molecule is C[C@@H]1C(=O)Nc2ccc(Br)cc2N1C1CCN(C(=O)OC(C)(C)C)CC1. The van der Waals surface area contributed by atoms with Crippen LogP contribution in [-0.4, -0.2) is 47.7 Å². The van der Waals surface area contributed by atoms with Crippen LogP contribution in [0.3, 0.4) is 0 Å². The van der Waals surface area contributed by atoms with Gasteiger partial charge in [0.2, 0.25) is 5.91 Å². The summed E-state index contributed by atoms with van der Waals surface area (Å²) in [6, 6.07) is 5.87. The van der Waals surface area contributed by atoms with E-state index in [4.69, 9.17) is 4.74 Å². The number of hydrogen-bond donors (Lipinski definition) is 1. The number of anilines is 2. The van der Waals surface area contributed by atoms with Crippen molar-refractivity contribution in [2.24, 2.45) is 0 Å². The van der Waals surface area contributed by atoms with Crippen molar-refractivity contribution in [2.75, 3.05) is 23.3 Å². The summed E-state index contributed by atoms with van der Waals surface area (Å²) >= 11 is 3.52. The minimum atomic E-state index is -0.487. The molecule has 3 rings (SSSR count). The van der Waals surface area contributed by atoms with Crippen LogP contribution in [0.4, 0.5) is 16.2 Å². The van der Waals surface area contributed by atoms with Gasteiger partial charge in [0.25, 0.3) is 0 Å². The Bertz CT molecular complexity index is 708. The molecule has 0 radical (unpaired) electrons. The van der Waals surface area contributed by atoms with Gasteiger partial charge in [-0.1, -0.05) is 15.9 Å². The molecule has 26 heavy (non-hydrogen) atoms. The number of halogens is 1. The molecule has 7 heteroatoms. The molecule has 1 saturated heterocycles. The molecule has 0 aromatic heterocycles. The van der Waals surface area contributed by atoms with Crippen molar-refractivity contribution in [3.63, 3.8) is 0 Å². The van der Waals surface area contributed by atoms with Crippen LogP contribution in [0, 0.1) is 0 Å². The van der Waals surface area contributed by atoms with E-state index >= 15 is 0 Å². The average molecular weight is 424 g/mol. The molecule has 0 saturated carbocycles. The maximum absolute atomic E-state index is 12.4. The van der Waals surface area contributed by atoms with E-state index in [0.29, 0.717) is 13.1 Å². The van der Waals surface area contributed by atoms with Crippen molar-refractivity contribution in [1.29, 1.82) is 0 Å². The van der Waals surface area contributed by atoms with Gasteiger partial charge in [0.05, 0.1) is 11.4 Å². The highest BCUT2D eigenvalue weighted by Gasteiger charge is 2.37. The van der Waals surface area contributed by atoms with Crippen LogP contribution in [0.5, 0.6) is 0 Å². The number of benzene rings is 1.